The van der Waals surface area contributed by atoms with E-state index in [9.17, 15) is 9.59 Å². The van der Waals surface area contributed by atoms with Crippen molar-refractivity contribution in [1.29, 1.82) is 0 Å². The van der Waals surface area contributed by atoms with Gasteiger partial charge in [0.05, 0.1) is 5.69 Å². The van der Waals surface area contributed by atoms with Crippen LogP contribution in [0.2, 0.25) is 0 Å². The second kappa shape index (κ2) is 7.98. The summed E-state index contributed by atoms with van der Waals surface area (Å²) in [7, 11) is 0. The van der Waals surface area contributed by atoms with E-state index in [0.29, 0.717) is 28.3 Å². The number of nitrogens with zero attached hydrogens (tertiary/aromatic N) is 2. The number of pyridine rings is 1. The summed E-state index contributed by atoms with van der Waals surface area (Å²) in [6, 6.07) is 21.4. The van der Waals surface area contributed by atoms with E-state index in [1.54, 1.807) is 48.7 Å². The number of aromatic nitrogens is 2. The molecule has 2 aromatic carbocycles. The average molecular weight is 385 g/mol. The molecular weight excluding hydrogens is 366 g/mol. The zero-order chi connectivity index (χ0) is 20.2. The number of carbonyl (C=O) groups is 1. The molecule has 144 valence electrons. The molecule has 0 saturated carbocycles. The highest BCUT2D eigenvalue weighted by Gasteiger charge is 2.09. The summed E-state index contributed by atoms with van der Waals surface area (Å²) in [5.41, 5.74) is 3.11. The van der Waals surface area contributed by atoms with Gasteiger partial charge in [-0.3, -0.25) is 14.0 Å². The van der Waals surface area contributed by atoms with Crippen LogP contribution in [0.15, 0.2) is 83.8 Å². The minimum absolute atomic E-state index is 0.149. The number of nitrogens with one attached hydrogen (secondary N) is 1. The van der Waals surface area contributed by atoms with Crippen LogP contribution in [0.5, 0.6) is 5.75 Å². The molecule has 0 aliphatic carbocycles. The summed E-state index contributed by atoms with van der Waals surface area (Å²) in [4.78, 5) is 29.1. The lowest BCUT2D eigenvalue weighted by atomic mass is 10.1. The van der Waals surface area contributed by atoms with E-state index in [4.69, 9.17) is 4.74 Å². The molecular formula is C23H19N3O3. The van der Waals surface area contributed by atoms with Crippen molar-refractivity contribution in [3.63, 3.8) is 0 Å². The normalized spacial score (nSPS) is 10.7. The van der Waals surface area contributed by atoms with Gasteiger partial charge >= 0.3 is 0 Å². The van der Waals surface area contributed by atoms with Crippen LogP contribution in [-0.2, 0) is 6.61 Å². The molecule has 0 bridgehead atoms. The maximum absolute atomic E-state index is 12.5. The smallest absolute Gasteiger partial charge is 0.258 e. The van der Waals surface area contributed by atoms with Crippen LogP contribution < -0.4 is 15.6 Å². The Morgan fingerprint density at radius 2 is 1.86 bits per heavy atom. The number of amides is 1. The van der Waals surface area contributed by atoms with E-state index in [1.807, 2.05) is 31.2 Å². The number of hydrogen-bond acceptors (Lipinski definition) is 4. The van der Waals surface area contributed by atoms with Crippen LogP contribution in [0.3, 0.4) is 0 Å². The Hall–Kier alpha value is -3.93. The van der Waals surface area contributed by atoms with Gasteiger partial charge in [0.25, 0.3) is 11.5 Å². The van der Waals surface area contributed by atoms with Crippen LogP contribution in [-0.4, -0.2) is 15.3 Å². The molecule has 0 radical (unpaired) electrons. The number of benzene rings is 2. The summed E-state index contributed by atoms with van der Waals surface area (Å²) < 4.78 is 7.26. The first-order valence-electron chi connectivity index (χ1n) is 9.17. The van der Waals surface area contributed by atoms with Crippen molar-refractivity contribution in [2.24, 2.45) is 0 Å². The van der Waals surface area contributed by atoms with Crippen molar-refractivity contribution < 1.29 is 9.53 Å². The van der Waals surface area contributed by atoms with Crippen LogP contribution in [0.4, 0.5) is 5.69 Å². The third kappa shape index (κ3) is 4.16. The van der Waals surface area contributed by atoms with Crippen LogP contribution in [0.25, 0.3) is 5.65 Å². The molecule has 6 nitrogen and oxygen atoms in total. The average Bonchev–Trinajstić information content (AvgIpc) is 2.73. The number of anilines is 1. The fourth-order valence-corrected chi connectivity index (χ4v) is 3.02. The number of rotatable bonds is 5. The maximum Gasteiger partial charge on any atom is 0.258 e. The van der Waals surface area contributed by atoms with Gasteiger partial charge in [-0.15, -0.1) is 0 Å². The fourth-order valence-electron chi connectivity index (χ4n) is 3.02. The van der Waals surface area contributed by atoms with Gasteiger partial charge in [0, 0.05) is 29.6 Å². The molecule has 1 N–H and O–H groups in total. The highest BCUT2D eigenvalue weighted by atomic mass is 16.5. The Balaban J connectivity index is 1.47. The highest BCUT2D eigenvalue weighted by Crippen LogP contribution is 2.19. The summed E-state index contributed by atoms with van der Waals surface area (Å²) in [6.07, 6.45) is 1.68. The zero-order valence-electron chi connectivity index (χ0n) is 15.8. The summed E-state index contributed by atoms with van der Waals surface area (Å²) >= 11 is 0. The molecule has 0 atom stereocenters. The van der Waals surface area contributed by atoms with Gasteiger partial charge in [-0.05, 0) is 42.8 Å². The number of aryl methyl sites for hydroxylation is 1. The molecule has 0 spiro atoms. The quantitative estimate of drug-likeness (QED) is 0.567. The predicted octanol–water partition coefficient (Wildman–Crippen LogP) is 3.83. The Bertz CT molecular complexity index is 1250. The number of carbonyl (C=O) groups excluding carboxylic acids is 1. The van der Waals surface area contributed by atoms with Crippen molar-refractivity contribution >= 4 is 17.2 Å². The molecule has 0 aliphatic rings. The molecule has 2 heterocycles. The van der Waals surface area contributed by atoms with Crippen LogP contribution >= 0.6 is 0 Å². The van der Waals surface area contributed by atoms with E-state index in [2.05, 4.69) is 10.3 Å². The van der Waals surface area contributed by atoms with Crippen molar-refractivity contribution in [2.75, 3.05) is 5.32 Å². The Morgan fingerprint density at radius 3 is 2.72 bits per heavy atom. The molecule has 29 heavy (non-hydrogen) atoms. The van der Waals surface area contributed by atoms with E-state index in [0.717, 1.165) is 5.56 Å². The number of hydrogen-bond donors (Lipinski definition) is 1. The Kier molecular flexibility index (Phi) is 5.07. The molecule has 0 unspecified atom stereocenters. The lowest BCUT2D eigenvalue weighted by molar-refractivity contribution is 0.102. The Labute approximate surface area is 167 Å². The topological polar surface area (TPSA) is 72.7 Å². The van der Waals surface area contributed by atoms with Crippen molar-refractivity contribution in [3.8, 4) is 5.75 Å². The Morgan fingerprint density at radius 1 is 1.03 bits per heavy atom. The first-order chi connectivity index (χ1) is 14.1. The van der Waals surface area contributed by atoms with Gasteiger partial charge in [-0.2, -0.15) is 0 Å². The highest BCUT2D eigenvalue weighted by molar-refractivity contribution is 6.05. The monoisotopic (exact) mass is 385 g/mol. The molecule has 2 aromatic heterocycles. The van der Waals surface area contributed by atoms with Gasteiger partial charge < -0.3 is 10.1 Å². The third-order valence-corrected chi connectivity index (χ3v) is 4.49. The molecule has 0 aliphatic heterocycles. The lowest BCUT2D eigenvalue weighted by Gasteiger charge is -2.10. The van der Waals surface area contributed by atoms with Crippen molar-refractivity contribution in [2.45, 2.75) is 13.5 Å². The van der Waals surface area contributed by atoms with Gasteiger partial charge in [0.15, 0.2) is 0 Å². The third-order valence-electron chi connectivity index (χ3n) is 4.49. The standard InChI is InChI=1S/C23H19N3O3/c1-16-7-2-3-10-20(16)23(28)25-17-8-6-9-19(13-17)29-15-18-14-22(27)26-12-5-4-11-21(26)24-18/h2-14H,15H2,1H3,(H,25,28). The first-order valence-corrected chi connectivity index (χ1v) is 9.17. The van der Waals surface area contributed by atoms with Crippen LogP contribution in [0.1, 0.15) is 21.6 Å². The SMILES string of the molecule is Cc1ccccc1C(=O)Nc1cccc(OCc2cc(=O)n3ccccc3n2)c1. The molecule has 4 aromatic rings. The van der Waals surface area contributed by atoms with Crippen molar-refractivity contribution in [3.05, 3.63) is 106 Å². The van der Waals surface area contributed by atoms with E-state index < -0.39 is 0 Å². The molecule has 0 fully saturated rings. The van der Waals surface area contributed by atoms with Gasteiger partial charge in [-0.25, -0.2) is 4.98 Å². The zero-order valence-corrected chi connectivity index (χ0v) is 15.8. The largest absolute Gasteiger partial charge is 0.487 e. The van der Waals surface area contributed by atoms with Crippen LogP contribution in [0, 0.1) is 6.92 Å². The number of fused-ring (bicyclic) bond motifs is 1. The fraction of sp³-hybridized carbons (Fsp3) is 0.0870. The first kappa shape index (κ1) is 18.4. The second-order valence-electron chi connectivity index (χ2n) is 6.60. The lowest BCUT2D eigenvalue weighted by Crippen LogP contribution is -2.16. The summed E-state index contributed by atoms with van der Waals surface area (Å²) in [5.74, 6) is 0.395. The maximum atomic E-state index is 12.5. The van der Waals surface area contributed by atoms with Crippen molar-refractivity contribution in [1.82, 2.24) is 9.38 Å². The molecule has 1 amide bonds. The summed E-state index contributed by atoms with van der Waals surface area (Å²) in [6.45, 7) is 2.05. The molecule has 0 saturated heterocycles. The van der Waals surface area contributed by atoms with E-state index >= 15 is 0 Å². The molecule has 6 heteroatoms. The van der Waals surface area contributed by atoms with E-state index in [-0.39, 0.29) is 18.1 Å². The minimum atomic E-state index is -0.176. The van der Waals surface area contributed by atoms with Gasteiger partial charge in [0.1, 0.15) is 18.0 Å². The van der Waals surface area contributed by atoms with Gasteiger partial charge in [-0.1, -0.05) is 30.3 Å². The summed E-state index contributed by atoms with van der Waals surface area (Å²) in [5, 5.41) is 2.88. The van der Waals surface area contributed by atoms with E-state index in [1.165, 1.54) is 10.5 Å². The predicted molar refractivity (Wildman–Crippen MR) is 111 cm³/mol. The minimum Gasteiger partial charge on any atom is -0.487 e. The molecule has 4 rings (SSSR count). The second-order valence-corrected chi connectivity index (χ2v) is 6.60. The number of ether oxygens (including phenoxy) is 1. The van der Waals surface area contributed by atoms with Gasteiger partial charge in [0.2, 0.25) is 0 Å².